The van der Waals surface area contributed by atoms with E-state index in [9.17, 15) is 14.0 Å². The summed E-state index contributed by atoms with van der Waals surface area (Å²) in [5.41, 5.74) is 2.36. The molecule has 3 heterocycles. The molecule has 1 unspecified atom stereocenters. The topological polar surface area (TPSA) is 55.2 Å². The minimum Gasteiger partial charge on any atom is -0.337 e. The van der Waals surface area contributed by atoms with E-state index < -0.39 is 11.1 Å². The molecule has 33 heavy (non-hydrogen) atoms. The van der Waals surface area contributed by atoms with Gasteiger partial charge in [-0.2, -0.15) is 0 Å². The number of thiophene rings is 1. The van der Waals surface area contributed by atoms with Gasteiger partial charge >= 0.3 is 0 Å². The number of fused-ring (bicyclic) bond motifs is 2. The lowest BCUT2D eigenvalue weighted by atomic mass is 10.1. The summed E-state index contributed by atoms with van der Waals surface area (Å²) in [4.78, 5) is 34.6. The Kier molecular flexibility index (Phi) is 5.80. The molecule has 0 aliphatic carbocycles. The average molecular weight is 480 g/mol. The number of rotatable bonds is 4. The van der Waals surface area contributed by atoms with E-state index in [1.165, 1.54) is 32.8 Å². The molecule has 4 aromatic rings. The highest BCUT2D eigenvalue weighted by atomic mass is 32.2. The normalized spacial score (nSPS) is 14.3. The Morgan fingerprint density at radius 3 is 2.85 bits per heavy atom. The maximum Gasteiger partial charge on any atom is 0.266 e. The molecule has 0 spiro atoms. The van der Waals surface area contributed by atoms with Crippen LogP contribution in [0.2, 0.25) is 0 Å². The molecule has 8 heteroatoms. The first-order valence-electron chi connectivity index (χ1n) is 10.7. The second kappa shape index (κ2) is 8.76. The molecule has 1 aliphatic heterocycles. The van der Waals surface area contributed by atoms with Crippen molar-refractivity contribution < 1.29 is 9.18 Å². The fraction of sp³-hybridized carbons (Fsp3) is 0.240. The number of nitrogens with zero attached hydrogens (tertiary/aromatic N) is 3. The quantitative estimate of drug-likeness (QED) is 0.307. The Morgan fingerprint density at radius 2 is 2.03 bits per heavy atom. The van der Waals surface area contributed by atoms with E-state index in [-0.39, 0.29) is 11.5 Å². The zero-order chi connectivity index (χ0) is 23.1. The molecule has 168 valence electrons. The third kappa shape index (κ3) is 4.09. The highest BCUT2D eigenvalue weighted by Gasteiger charge is 2.27. The Bertz CT molecular complexity index is 1430. The maximum absolute atomic E-state index is 14.4. The summed E-state index contributed by atoms with van der Waals surface area (Å²) < 4.78 is 15.8. The molecule has 0 bridgehead atoms. The molecular weight excluding hydrogens is 457 g/mol. The Morgan fingerprint density at radius 1 is 1.21 bits per heavy atom. The van der Waals surface area contributed by atoms with Crippen molar-refractivity contribution in [2.75, 3.05) is 6.54 Å². The predicted octanol–water partition coefficient (Wildman–Crippen LogP) is 4.96. The van der Waals surface area contributed by atoms with Crippen LogP contribution < -0.4 is 5.56 Å². The van der Waals surface area contributed by atoms with Crippen LogP contribution in [0.1, 0.15) is 22.9 Å². The van der Waals surface area contributed by atoms with Gasteiger partial charge in [-0.15, -0.1) is 11.3 Å². The number of carbonyl (C=O) groups excluding carboxylic acids is 1. The van der Waals surface area contributed by atoms with Gasteiger partial charge in [-0.05, 0) is 67.1 Å². The smallest absolute Gasteiger partial charge is 0.266 e. The molecule has 0 saturated carbocycles. The Labute approximate surface area is 198 Å². The van der Waals surface area contributed by atoms with E-state index in [4.69, 9.17) is 4.98 Å². The molecule has 0 fully saturated rings. The SMILES string of the molecule is Cc1ccc(-n2c(SC(C)C(=O)N3CCc4sccc4C3)nc3ccccc3c2=O)cc1F. The van der Waals surface area contributed by atoms with Gasteiger partial charge in [0.15, 0.2) is 5.16 Å². The summed E-state index contributed by atoms with van der Waals surface area (Å²) in [6.07, 6.45) is 0.859. The van der Waals surface area contributed by atoms with Gasteiger partial charge in [0.1, 0.15) is 5.82 Å². The van der Waals surface area contributed by atoms with Crippen LogP contribution in [0.15, 0.2) is 63.9 Å². The van der Waals surface area contributed by atoms with Crippen molar-refractivity contribution in [2.45, 2.75) is 37.2 Å². The zero-order valence-electron chi connectivity index (χ0n) is 18.2. The summed E-state index contributed by atoms with van der Waals surface area (Å²) in [5, 5.41) is 2.42. The first-order chi connectivity index (χ1) is 15.9. The molecule has 1 amide bonds. The van der Waals surface area contributed by atoms with E-state index in [2.05, 4.69) is 11.4 Å². The van der Waals surface area contributed by atoms with Crippen molar-refractivity contribution >= 4 is 39.9 Å². The van der Waals surface area contributed by atoms with Crippen LogP contribution in [0.4, 0.5) is 4.39 Å². The van der Waals surface area contributed by atoms with Crippen molar-refractivity contribution in [2.24, 2.45) is 0 Å². The number of hydrogen-bond donors (Lipinski definition) is 0. The molecule has 0 N–H and O–H groups in total. The number of carbonyl (C=O) groups is 1. The first kappa shape index (κ1) is 21.9. The van der Waals surface area contributed by atoms with Crippen molar-refractivity contribution in [1.29, 1.82) is 0 Å². The van der Waals surface area contributed by atoms with E-state index in [1.807, 2.05) is 17.9 Å². The van der Waals surface area contributed by atoms with E-state index in [0.29, 0.717) is 40.4 Å². The fourth-order valence-electron chi connectivity index (χ4n) is 4.04. The van der Waals surface area contributed by atoms with Crippen LogP contribution in [-0.2, 0) is 17.8 Å². The number of para-hydroxylation sites is 1. The third-order valence-electron chi connectivity index (χ3n) is 5.91. The maximum atomic E-state index is 14.4. The lowest BCUT2D eigenvalue weighted by Crippen LogP contribution is -2.40. The Hall–Kier alpha value is -2.97. The number of hydrogen-bond acceptors (Lipinski definition) is 5. The van der Waals surface area contributed by atoms with Crippen LogP contribution in [0.3, 0.4) is 0 Å². The van der Waals surface area contributed by atoms with Crippen LogP contribution in [0, 0.1) is 12.7 Å². The average Bonchev–Trinajstić information content (AvgIpc) is 3.29. The Balaban J connectivity index is 1.52. The van der Waals surface area contributed by atoms with Crippen molar-refractivity contribution in [3.63, 3.8) is 0 Å². The lowest BCUT2D eigenvalue weighted by molar-refractivity contribution is -0.131. The summed E-state index contributed by atoms with van der Waals surface area (Å²) in [7, 11) is 0. The van der Waals surface area contributed by atoms with Gasteiger partial charge in [0.25, 0.3) is 5.56 Å². The minimum atomic E-state index is -0.459. The second-order valence-corrected chi connectivity index (χ2v) is 10.4. The van der Waals surface area contributed by atoms with Crippen LogP contribution in [0.25, 0.3) is 16.6 Å². The van der Waals surface area contributed by atoms with Gasteiger partial charge in [0.2, 0.25) is 5.91 Å². The second-order valence-electron chi connectivity index (χ2n) is 8.12. The molecule has 5 nitrogen and oxygen atoms in total. The number of aromatic nitrogens is 2. The van der Waals surface area contributed by atoms with Gasteiger partial charge in [-0.3, -0.25) is 14.2 Å². The van der Waals surface area contributed by atoms with Gasteiger partial charge in [0.05, 0.1) is 21.8 Å². The largest absolute Gasteiger partial charge is 0.337 e. The number of aryl methyl sites for hydroxylation is 1. The van der Waals surface area contributed by atoms with Crippen molar-refractivity contribution in [3.05, 3.63) is 86.1 Å². The van der Waals surface area contributed by atoms with Crippen LogP contribution in [-0.4, -0.2) is 32.2 Å². The molecule has 0 saturated heterocycles. The van der Waals surface area contributed by atoms with E-state index in [1.54, 1.807) is 48.6 Å². The van der Waals surface area contributed by atoms with Gasteiger partial charge in [0, 0.05) is 18.0 Å². The fourth-order valence-corrected chi connectivity index (χ4v) is 5.94. The van der Waals surface area contributed by atoms with Crippen molar-refractivity contribution in [3.8, 4) is 5.69 Å². The highest BCUT2D eigenvalue weighted by Crippen LogP contribution is 2.29. The predicted molar refractivity (Wildman–Crippen MR) is 131 cm³/mol. The van der Waals surface area contributed by atoms with Gasteiger partial charge < -0.3 is 4.90 Å². The van der Waals surface area contributed by atoms with Gasteiger partial charge in [-0.25, -0.2) is 9.37 Å². The standard InChI is InChI=1S/C25H22FN3O2S2/c1-15-7-8-18(13-20(15)26)29-24(31)19-5-3-4-6-21(19)27-25(29)33-16(2)23(30)28-11-9-22-17(14-28)10-12-32-22/h3-8,10,12-13,16H,9,11,14H2,1-2H3. The third-order valence-corrected chi connectivity index (χ3v) is 7.97. The molecule has 0 radical (unpaired) electrons. The number of amides is 1. The van der Waals surface area contributed by atoms with E-state index >= 15 is 0 Å². The number of benzene rings is 2. The van der Waals surface area contributed by atoms with Crippen molar-refractivity contribution in [1.82, 2.24) is 14.5 Å². The molecule has 1 aliphatic rings. The number of halogens is 1. The molecule has 2 aromatic heterocycles. The summed E-state index contributed by atoms with van der Waals surface area (Å²) in [6, 6.07) is 13.8. The van der Waals surface area contributed by atoms with Gasteiger partial charge in [-0.1, -0.05) is 30.0 Å². The monoisotopic (exact) mass is 479 g/mol. The first-order valence-corrected chi connectivity index (χ1v) is 12.5. The zero-order valence-corrected chi connectivity index (χ0v) is 19.9. The highest BCUT2D eigenvalue weighted by molar-refractivity contribution is 8.00. The summed E-state index contributed by atoms with van der Waals surface area (Å²) in [6.45, 7) is 4.79. The molecule has 2 aromatic carbocycles. The molecular formula is C25H22FN3O2S2. The summed E-state index contributed by atoms with van der Waals surface area (Å²) >= 11 is 2.96. The molecule has 1 atom stereocenters. The van der Waals surface area contributed by atoms with Crippen LogP contribution in [0.5, 0.6) is 0 Å². The molecule has 5 rings (SSSR count). The van der Waals surface area contributed by atoms with Crippen LogP contribution >= 0.6 is 23.1 Å². The van der Waals surface area contributed by atoms with E-state index in [0.717, 1.165) is 6.42 Å². The summed E-state index contributed by atoms with van der Waals surface area (Å²) in [5.74, 6) is -0.395. The minimum absolute atomic E-state index is 0.000828. The lowest BCUT2D eigenvalue weighted by Gasteiger charge is -2.29. The number of thioether (sulfide) groups is 1.